The molecule has 0 saturated carbocycles. The summed E-state index contributed by atoms with van der Waals surface area (Å²) >= 11 is 0. The molecule has 1 aromatic heterocycles. The van der Waals surface area contributed by atoms with Gasteiger partial charge >= 0.3 is 11.9 Å². The standard InChI is InChI=1S/C16H19N5/c1-5-6-12-21(14-10-8-7-9-11-14)16-18-13(2)20(4)15(17-3)19-16/h7-11H,12H2,1-4H3/p+1. The van der Waals surface area contributed by atoms with Crippen molar-refractivity contribution in [3.8, 4) is 11.8 Å². The zero-order valence-electron chi connectivity index (χ0n) is 12.9. The molecule has 0 saturated heterocycles. The highest BCUT2D eigenvalue weighted by Crippen LogP contribution is 2.21. The van der Waals surface area contributed by atoms with E-state index in [0.29, 0.717) is 12.5 Å². The van der Waals surface area contributed by atoms with Crippen LogP contribution in [-0.2, 0) is 7.05 Å². The van der Waals surface area contributed by atoms with E-state index in [1.54, 1.807) is 0 Å². The van der Waals surface area contributed by atoms with Crippen LogP contribution in [0.15, 0.2) is 30.3 Å². The molecular weight excluding hydrogens is 262 g/mol. The van der Waals surface area contributed by atoms with Crippen LogP contribution in [0.3, 0.4) is 0 Å². The van der Waals surface area contributed by atoms with Crippen molar-refractivity contribution in [1.29, 1.82) is 0 Å². The molecule has 0 radical (unpaired) electrons. The first kappa shape index (κ1) is 14.8. The quantitative estimate of drug-likeness (QED) is 0.686. The van der Waals surface area contributed by atoms with Crippen LogP contribution in [0.2, 0.25) is 0 Å². The van der Waals surface area contributed by atoms with E-state index in [2.05, 4.69) is 27.1 Å². The molecule has 5 nitrogen and oxygen atoms in total. The van der Waals surface area contributed by atoms with Crippen molar-refractivity contribution in [2.45, 2.75) is 13.8 Å². The second kappa shape index (κ2) is 6.71. The Balaban J connectivity index is 2.50. The molecule has 0 amide bonds. The van der Waals surface area contributed by atoms with Crippen molar-refractivity contribution in [3.63, 3.8) is 0 Å². The number of anilines is 3. The average Bonchev–Trinajstić information content (AvgIpc) is 2.52. The van der Waals surface area contributed by atoms with Crippen molar-refractivity contribution in [2.24, 2.45) is 7.05 Å². The Bertz CT molecular complexity index is 670. The van der Waals surface area contributed by atoms with Gasteiger partial charge in [-0.15, -0.1) is 5.92 Å². The van der Waals surface area contributed by atoms with E-state index >= 15 is 0 Å². The van der Waals surface area contributed by atoms with Crippen LogP contribution in [0.4, 0.5) is 17.6 Å². The van der Waals surface area contributed by atoms with Crippen LogP contribution >= 0.6 is 0 Å². The van der Waals surface area contributed by atoms with Crippen LogP contribution in [0.1, 0.15) is 12.7 Å². The van der Waals surface area contributed by atoms with Gasteiger partial charge in [-0.3, -0.25) is 10.2 Å². The van der Waals surface area contributed by atoms with Crippen LogP contribution in [-0.4, -0.2) is 23.6 Å². The zero-order valence-corrected chi connectivity index (χ0v) is 12.9. The van der Waals surface area contributed by atoms with E-state index in [-0.39, 0.29) is 0 Å². The predicted molar refractivity (Wildman–Crippen MR) is 84.4 cm³/mol. The molecule has 1 heterocycles. The van der Waals surface area contributed by atoms with Gasteiger partial charge < -0.3 is 0 Å². The lowest BCUT2D eigenvalue weighted by Gasteiger charge is -2.18. The minimum absolute atomic E-state index is 0.552. The fraction of sp³-hybridized carbons (Fsp3) is 0.312. The normalized spacial score (nSPS) is 9.71. The van der Waals surface area contributed by atoms with Crippen LogP contribution in [0.25, 0.3) is 0 Å². The van der Waals surface area contributed by atoms with Gasteiger partial charge in [-0.25, -0.2) is 4.57 Å². The molecule has 1 N–H and O–H groups in total. The number of para-hydroxylation sites is 1. The average molecular weight is 282 g/mol. The largest absolute Gasteiger partial charge is 0.351 e. The molecule has 108 valence electrons. The van der Waals surface area contributed by atoms with Gasteiger partial charge in [0.05, 0.1) is 13.6 Å². The number of benzene rings is 1. The molecule has 1 aromatic carbocycles. The number of hydrogen-bond acceptors (Lipinski definition) is 4. The Morgan fingerprint density at radius 2 is 1.95 bits per heavy atom. The highest BCUT2D eigenvalue weighted by atomic mass is 15.3. The summed E-state index contributed by atoms with van der Waals surface area (Å²) in [6, 6.07) is 10.0. The number of nitrogens with one attached hydrogen (secondary N) is 1. The number of hydrogen-bond donors (Lipinski definition) is 1. The van der Waals surface area contributed by atoms with E-state index in [1.165, 1.54) is 0 Å². The lowest BCUT2D eigenvalue weighted by molar-refractivity contribution is -0.669. The fourth-order valence-corrected chi connectivity index (χ4v) is 1.96. The molecule has 0 aliphatic carbocycles. The Morgan fingerprint density at radius 1 is 1.24 bits per heavy atom. The summed E-state index contributed by atoms with van der Waals surface area (Å²) in [5, 5.41) is 3.09. The van der Waals surface area contributed by atoms with E-state index in [1.807, 2.05) is 67.7 Å². The summed E-state index contributed by atoms with van der Waals surface area (Å²) in [6.07, 6.45) is 0. The monoisotopic (exact) mass is 282 g/mol. The lowest BCUT2D eigenvalue weighted by Crippen LogP contribution is -2.39. The van der Waals surface area contributed by atoms with E-state index in [4.69, 9.17) is 0 Å². The zero-order chi connectivity index (χ0) is 15.2. The van der Waals surface area contributed by atoms with E-state index in [9.17, 15) is 0 Å². The topological polar surface area (TPSA) is 44.9 Å². The SMILES string of the molecule is CC#CCN(c1ccccc1)c1nc(C)[n+](C)c(NC)n1. The number of aromatic nitrogens is 3. The third-order valence-electron chi connectivity index (χ3n) is 3.22. The van der Waals surface area contributed by atoms with E-state index in [0.717, 1.165) is 17.5 Å². The van der Waals surface area contributed by atoms with Gasteiger partial charge in [0.1, 0.15) is 0 Å². The summed E-state index contributed by atoms with van der Waals surface area (Å²) in [7, 11) is 3.79. The number of rotatable bonds is 4. The summed E-state index contributed by atoms with van der Waals surface area (Å²) in [5.41, 5.74) is 1.02. The second-order valence-corrected chi connectivity index (χ2v) is 4.55. The Labute approximate surface area is 125 Å². The maximum absolute atomic E-state index is 4.58. The van der Waals surface area contributed by atoms with Gasteiger partial charge in [0.15, 0.2) is 0 Å². The molecular formula is C16H20N5+. The molecule has 0 aliphatic rings. The molecule has 5 heteroatoms. The molecule has 0 bridgehead atoms. The molecule has 2 rings (SSSR count). The van der Waals surface area contributed by atoms with Crippen LogP contribution < -0.4 is 14.8 Å². The first-order valence-electron chi connectivity index (χ1n) is 6.82. The summed E-state index contributed by atoms with van der Waals surface area (Å²) in [5.74, 6) is 8.30. The highest BCUT2D eigenvalue weighted by molar-refractivity contribution is 5.58. The minimum Gasteiger partial charge on any atom is -0.297 e. The Hall–Kier alpha value is -2.61. The molecule has 21 heavy (non-hydrogen) atoms. The summed E-state index contributed by atoms with van der Waals surface area (Å²) in [6.45, 7) is 4.34. The lowest BCUT2D eigenvalue weighted by atomic mass is 10.3. The van der Waals surface area contributed by atoms with Gasteiger partial charge in [-0.2, -0.15) is 0 Å². The van der Waals surface area contributed by atoms with Crippen molar-refractivity contribution in [1.82, 2.24) is 9.97 Å². The maximum Gasteiger partial charge on any atom is 0.351 e. The number of nitrogens with zero attached hydrogens (tertiary/aromatic N) is 4. The summed E-state index contributed by atoms with van der Waals surface area (Å²) < 4.78 is 1.91. The van der Waals surface area contributed by atoms with Crippen LogP contribution in [0.5, 0.6) is 0 Å². The van der Waals surface area contributed by atoms with E-state index < -0.39 is 0 Å². The van der Waals surface area contributed by atoms with Crippen molar-refractivity contribution in [3.05, 3.63) is 36.2 Å². The molecule has 0 aliphatic heterocycles. The van der Waals surface area contributed by atoms with Gasteiger partial charge in [0.2, 0.25) is 5.82 Å². The van der Waals surface area contributed by atoms with Gasteiger partial charge in [0, 0.05) is 19.7 Å². The van der Waals surface area contributed by atoms with Crippen molar-refractivity contribution in [2.75, 3.05) is 23.8 Å². The highest BCUT2D eigenvalue weighted by Gasteiger charge is 2.20. The first-order valence-corrected chi connectivity index (χ1v) is 6.82. The molecule has 2 aromatic rings. The Kier molecular flexibility index (Phi) is 4.72. The predicted octanol–water partition coefficient (Wildman–Crippen LogP) is 1.81. The van der Waals surface area contributed by atoms with Gasteiger partial charge in [-0.05, 0) is 19.1 Å². The maximum atomic E-state index is 4.58. The number of aryl methyl sites for hydroxylation is 1. The smallest absolute Gasteiger partial charge is 0.297 e. The third kappa shape index (κ3) is 3.29. The van der Waals surface area contributed by atoms with Crippen molar-refractivity contribution >= 4 is 17.6 Å². The molecule has 0 fully saturated rings. The second-order valence-electron chi connectivity index (χ2n) is 4.55. The first-order chi connectivity index (χ1) is 10.2. The fourth-order valence-electron chi connectivity index (χ4n) is 1.96. The van der Waals surface area contributed by atoms with Crippen LogP contribution in [0, 0.1) is 18.8 Å². The van der Waals surface area contributed by atoms with Gasteiger partial charge in [-0.1, -0.05) is 34.1 Å². The van der Waals surface area contributed by atoms with Gasteiger partial charge in [0.25, 0.3) is 0 Å². The molecule has 0 spiro atoms. The molecule has 0 unspecified atom stereocenters. The third-order valence-corrected chi connectivity index (χ3v) is 3.22. The van der Waals surface area contributed by atoms with Crippen molar-refractivity contribution < 1.29 is 4.57 Å². The summed E-state index contributed by atoms with van der Waals surface area (Å²) in [4.78, 5) is 11.2. The minimum atomic E-state index is 0.552. The molecule has 0 atom stereocenters. The Morgan fingerprint density at radius 3 is 2.57 bits per heavy atom.